The van der Waals surface area contributed by atoms with E-state index in [1.54, 1.807) is 6.07 Å². The van der Waals surface area contributed by atoms with Crippen molar-refractivity contribution in [1.29, 1.82) is 0 Å². The highest BCUT2D eigenvalue weighted by atomic mass is 32.2. The monoisotopic (exact) mass is 254 g/mol. The Morgan fingerprint density at radius 2 is 2.06 bits per heavy atom. The molecule has 0 radical (unpaired) electrons. The van der Waals surface area contributed by atoms with Crippen LogP contribution in [0.5, 0.6) is 0 Å². The number of aromatic carboxylic acids is 1. The first-order valence-corrected chi connectivity index (χ1v) is 6.93. The fourth-order valence-corrected chi connectivity index (χ4v) is 3.50. The molecule has 2 rings (SSSR count). The third-order valence-corrected chi connectivity index (χ3v) is 4.59. The number of hydrogen-bond donors (Lipinski definition) is 0. The Morgan fingerprint density at radius 1 is 1.29 bits per heavy atom. The van der Waals surface area contributed by atoms with Gasteiger partial charge in [0.15, 0.2) is 0 Å². The van der Waals surface area contributed by atoms with Gasteiger partial charge < -0.3 is 9.90 Å². The van der Waals surface area contributed by atoms with E-state index in [2.05, 4.69) is 0 Å². The summed E-state index contributed by atoms with van der Waals surface area (Å²) in [7, 11) is -3.30. The second kappa shape index (κ2) is 4.37. The molecule has 17 heavy (non-hydrogen) atoms. The SMILES string of the molecule is O=C([O-])c1cccc(N2CCCCS2(=O)=O)c1. The first-order valence-electron chi connectivity index (χ1n) is 5.32. The number of carbonyl (C=O) groups is 1. The zero-order valence-electron chi connectivity index (χ0n) is 9.13. The van der Waals surface area contributed by atoms with E-state index in [0.29, 0.717) is 18.7 Å². The second-order valence-corrected chi connectivity index (χ2v) is 5.95. The van der Waals surface area contributed by atoms with Gasteiger partial charge in [0.1, 0.15) is 0 Å². The molecule has 1 aromatic carbocycles. The van der Waals surface area contributed by atoms with Crippen LogP contribution < -0.4 is 9.41 Å². The lowest BCUT2D eigenvalue weighted by Gasteiger charge is -2.28. The Balaban J connectivity index is 2.39. The first-order chi connectivity index (χ1) is 8.00. The predicted octanol–water partition coefficient (Wildman–Crippen LogP) is -0.0199. The molecule has 0 bridgehead atoms. The van der Waals surface area contributed by atoms with Crippen LogP contribution in [0, 0.1) is 0 Å². The fourth-order valence-electron chi connectivity index (χ4n) is 1.87. The van der Waals surface area contributed by atoms with E-state index < -0.39 is 16.0 Å². The molecule has 6 heteroatoms. The molecule has 0 amide bonds. The van der Waals surface area contributed by atoms with Gasteiger partial charge in [-0.25, -0.2) is 8.42 Å². The molecule has 0 unspecified atom stereocenters. The van der Waals surface area contributed by atoms with E-state index in [9.17, 15) is 18.3 Å². The molecule has 1 saturated heterocycles. The molecular weight excluding hydrogens is 242 g/mol. The summed E-state index contributed by atoms with van der Waals surface area (Å²) in [6, 6.07) is 5.83. The zero-order valence-corrected chi connectivity index (χ0v) is 9.94. The highest BCUT2D eigenvalue weighted by Crippen LogP contribution is 2.24. The van der Waals surface area contributed by atoms with Crippen molar-refractivity contribution in [2.75, 3.05) is 16.6 Å². The fraction of sp³-hybridized carbons (Fsp3) is 0.364. The average molecular weight is 254 g/mol. The number of carboxylic acid groups (broad SMARTS) is 1. The van der Waals surface area contributed by atoms with Crippen molar-refractivity contribution in [3.05, 3.63) is 29.8 Å². The van der Waals surface area contributed by atoms with Crippen LogP contribution in [0.3, 0.4) is 0 Å². The molecule has 0 saturated carbocycles. The Morgan fingerprint density at radius 3 is 2.71 bits per heavy atom. The Kier molecular flexibility index (Phi) is 3.06. The molecule has 0 spiro atoms. The molecule has 1 fully saturated rings. The summed E-state index contributed by atoms with van der Waals surface area (Å²) in [6.45, 7) is 0.402. The summed E-state index contributed by atoms with van der Waals surface area (Å²) in [6.07, 6.45) is 1.44. The summed E-state index contributed by atoms with van der Waals surface area (Å²) in [4.78, 5) is 10.7. The van der Waals surface area contributed by atoms with Crippen LogP contribution >= 0.6 is 0 Å². The van der Waals surface area contributed by atoms with Crippen LogP contribution in [0.1, 0.15) is 23.2 Å². The van der Waals surface area contributed by atoms with Crippen molar-refractivity contribution < 1.29 is 18.3 Å². The Hall–Kier alpha value is -1.56. The van der Waals surface area contributed by atoms with Crippen molar-refractivity contribution >= 4 is 21.7 Å². The van der Waals surface area contributed by atoms with Gasteiger partial charge in [-0.2, -0.15) is 0 Å². The number of hydrogen-bond acceptors (Lipinski definition) is 4. The van der Waals surface area contributed by atoms with Crippen LogP contribution in [0.4, 0.5) is 5.69 Å². The highest BCUT2D eigenvalue weighted by molar-refractivity contribution is 7.92. The smallest absolute Gasteiger partial charge is 0.235 e. The molecule has 0 atom stereocenters. The summed E-state index contributed by atoms with van der Waals surface area (Å²) >= 11 is 0. The molecule has 1 heterocycles. The molecular formula is C11H12NO4S-. The number of rotatable bonds is 2. The third-order valence-electron chi connectivity index (χ3n) is 2.72. The number of sulfonamides is 1. The number of benzene rings is 1. The van der Waals surface area contributed by atoms with Gasteiger partial charge in [0, 0.05) is 6.54 Å². The van der Waals surface area contributed by atoms with Gasteiger partial charge in [0.2, 0.25) is 10.0 Å². The topological polar surface area (TPSA) is 77.5 Å². The number of nitrogens with zero attached hydrogens (tertiary/aromatic N) is 1. The van der Waals surface area contributed by atoms with Crippen LogP contribution in [0.25, 0.3) is 0 Å². The third kappa shape index (κ3) is 2.41. The highest BCUT2D eigenvalue weighted by Gasteiger charge is 2.25. The summed E-state index contributed by atoms with van der Waals surface area (Å²) in [5.41, 5.74) is 0.384. The lowest BCUT2D eigenvalue weighted by atomic mass is 10.2. The van der Waals surface area contributed by atoms with Crippen LogP contribution in [-0.4, -0.2) is 26.7 Å². The van der Waals surface area contributed by atoms with Crippen LogP contribution in [0.15, 0.2) is 24.3 Å². The zero-order chi connectivity index (χ0) is 12.5. The first kappa shape index (κ1) is 11.9. The maximum absolute atomic E-state index is 11.8. The van der Waals surface area contributed by atoms with Gasteiger partial charge in [-0.05, 0) is 30.5 Å². The van der Waals surface area contributed by atoms with Crippen LogP contribution in [0.2, 0.25) is 0 Å². The number of anilines is 1. The minimum absolute atomic E-state index is 0.0109. The number of carbonyl (C=O) groups excluding carboxylic acids is 1. The number of carboxylic acids is 1. The van der Waals surface area contributed by atoms with E-state index in [1.165, 1.54) is 22.5 Å². The lowest BCUT2D eigenvalue weighted by Crippen LogP contribution is -2.38. The van der Waals surface area contributed by atoms with Crippen molar-refractivity contribution in [2.45, 2.75) is 12.8 Å². The standard InChI is InChI=1S/C11H13NO4S/c13-11(14)9-4-3-5-10(8-9)12-6-1-2-7-17(12,15)16/h3-5,8H,1-2,6-7H2,(H,13,14)/p-1. The Labute approximate surface area is 99.7 Å². The molecule has 92 valence electrons. The van der Waals surface area contributed by atoms with Gasteiger partial charge in [-0.15, -0.1) is 0 Å². The molecule has 0 aliphatic carbocycles. The minimum atomic E-state index is -3.30. The van der Waals surface area contributed by atoms with E-state index in [0.717, 1.165) is 6.42 Å². The normalized spacial score (nSPS) is 18.9. The summed E-state index contributed by atoms with van der Waals surface area (Å²) in [5.74, 6) is -1.19. The average Bonchev–Trinajstić information content (AvgIpc) is 2.28. The van der Waals surface area contributed by atoms with Gasteiger partial charge in [0.25, 0.3) is 0 Å². The molecule has 1 aliphatic rings. The van der Waals surface area contributed by atoms with Gasteiger partial charge >= 0.3 is 0 Å². The molecule has 1 aliphatic heterocycles. The van der Waals surface area contributed by atoms with Crippen molar-refractivity contribution in [3.63, 3.8) is 0 Å². The van der Waals surface area contributed by atoms with Gasteiger partial charge in [-0.3, -0.25) is 4.31 Å². The van der Waals surface area contributed by atoms with Gasteiger partial charge in [-0.1, -0.05) is 12.1 Å². The molecule has 0 N–H and O–H groups in total. The predicted molar refractivity (Wildman–Crippen MR) is 61.1 cm³/mol. The summed E-state index contributed by atoms with van der Waals surface area (Å²) in [5, 5.41) is 10.7. The van der Waals surface area contributed by atoms with Crippen LogP contribution in [-0.2, 0) is 10.0 Å². The maximum Gasteiger partial charge on any atom is 0.235 e. The Bertz CT molecular complexity index is 538. The van der Waals surface area contributed by atoms with E-state index in [1.807, 2.05) is 0 Å². The van der Waals surface area contributed by atoms with Crippen molar-refractivity contribution in [1.82, 2.24) is 0 Å². The van der Waals surface area contributed by atoms with Crippen molar-refractivity contribution in [3.8, 4) is 0 Å². The second-order valence-electron chi connectivity index (χ2n) is 3.93. The lowest BCUT2D eigenvalue weighted by molar-refractivity contribution is -0.255. The summed E-state index contributed by atoms with van der Waals surface area (Å²) < 4.78 is 24.9. The van der Waals surface area contributed by atoms with E-state index in [-0.39, 0.29) is 11.3 Å². The molecule has 5 nitrogen and oxygen atoms in total. The maximum atomic E-state index is 11.8. The van der Waals surface area contributed by atoms with Crippen molar-refractivity contribution in [2.24, 2.45) is 0 Å². The van der Waals surface area contributed by atoms with E-state index in [4.69, 9.17) is 0 Å². The molecule has 0 aromatic heterocycles. The molecule has 1 aromatic rings. The quantitative estimate of drug-likeness (QED) is 0.743. The van der Waals surface area contributed by atoms with E-state index >= 15 is 0 Å². The minimum Gasteiger partial charge on any atom is -0.545 e. The largest absolute Gasteiger partial charge is 0.545 e. The van der Waals surface area contributed by atoms with Gasteiger partial charge in [0.05, 0.1) is 17.4 Å².